The molecule has 3 aromatic carbocycles. The fourth-order valence-corrected chi connectivity index (χ4v) is 4.15. The summed E-state index contributed by atoms with van der Waals surface area (Å²) in [7, 11) is 1.62. The lowest BCUT2D eigenvalue weighted by atomic mass is 10.0. The zero-order valence-electron chi connectivity index (χ0n) is 18.0. The van der Waals surface area contributed by atoms with Gasteiger partial charge in [0.1, 0.15) is 6.04 Å². The first-order chi connectivity index (χ1) is 15.1. The van der Waals surface area contributed by atoms with E-state index in [1.54, 1.807) is 11.9 Å². The fraction of sp³-hybridized carbons (Fsp3) is 0.231. The number of nitrogens with one attached hydrogen (secondary N) is 1. The number of hydrogen-bond donors (Lipinski definition) is 1. The van der Waals surface area contributed by atoms with Gasteiger partial charge in [0.15, 0.2) is 0 Å². The van der Waals surface area contributed by atoms with E-state index in [0.717, 1.165) is 16.0 Å². The Morgan fingerprint density at radius 3 is 2.03 bits per heavy atom. The number of likely N-dealkylation sites (N-methyl/N-ethyl adjacent to an activating group) is 1. The number of thioether (sulfide) groups is 1. The lowest BCUT2D eigenvalue weighted by molar-refractivity contribution is -0.139. The predicted octanol–water partition coefficient (Wildman–Crippen LogP) is 4.47. The van der Waals surface area contributed by atoms with Gasteiger partial charge in [-0.1, -0.05) is 78.4 Å². The molecule has 4 nitrogen and oxygen atoms in total. The van der Waals surface area contributed by atoms with Crippen molar-refractivity contribution in [1.82, 2.24) is 10.2 Å². The van der Waals surface area contributed by atoms with Crippen molar-refractivity contribution in [2.75, 3.05) is 12.8 Å². The van der Waals surface area contributed by atoms with Crippen LogP contribution in [0.4, 0.5) is 0 Å². The van der Waals surface area contributed by atoms with Crippen LogP contribution >= 0.6 is 11.8 Å². The second-order valence-electron chi connectivity index (χ2n) is 7.43. The van der Waals surface area contributed by atoms with Gasteiger partial charge in [-0.2, -0.15) is 0 Å². The molecule has 0 saturated heterocycles. The van der Waals surface area contributed by atoms with Gasteiger partial charge in [0, 0.05) is 24.9 Å². The van der Waals surface area contributed by atoms with E-state index in [9.17, 15) is 9.59 Å². The molecule has 0 spiro atoms. The number of benzene rings is 3. The van der Waals surface area contributed by atoms with E-state index in [1.165, 1.54) is 17.3 Å². The molecule has 3 aromatic rings. The van der Waals surface area contributed by atoms with Crippen molar-refractivity contribution in [2.45, 2.75) is 30.8 Å². The zero-order valence-corrected chi connectivity index (χ0v) is 18.8. The first-order valence-corrected chi connectivity index (χ1v) is 11.3. The minimum Gasteiger partial charge on any atom is -0.357 e. The zero-order chi connectivity index (χ0) is 22.1. The third kappa shape index (κ3) is 6.72. The molecule has 0 aliphatic rings. The van der Waals surface area contributed by atoms with Gasteiger partial charge in [-0.15, -0.1) is 11.8 Å². The quantitative estimate of drug-likeness (QED) is 0.508. The maximum Gasteiger partial charge on any atom is 0.242 e. The van der Waals surface area contributed by atoms with Crippen LogP contribution in [0.3, 0.4) is 0 Å². The SMILES string of the molecule is CNC(=O)C(Cc1ccccc1)N(Cc1ccccc1)C(=O)CSc1ccc(C)cc1. The second-order valence-corrected chi connectivity index (χ2v) is 8.48. The van der Waals surface area contributed by atoms with Crippen LogP contribution in [0, 0.1) is 6.92 Å². The molecule has 1 atom stereocenters. The number of hydrogen-bond acceptors (Lipinski definition) is 3. The van der Waals surface area contributed by atoms with E-state index in [0.29, 0.717) is 13.0 Å². The molecule has 0 radical (unpaired) electrons. The highest BCUT2D eigenvalue weighted by Gasteiger charge is 2.29. The Morgan fingerprint density at radius 2 is 1.45 bits per heavy atom. The van der Waals surface area contributed by atoms with Crippen molar-refractivity contribution in [3.8, 4) is 0 Å². The topological polar surface area (TPSA) is 49.4 Å². The molecule has 0 aromatic heterocycles. The smallest absolute Gasteiger partial charge is 0.242 e. The number of amides is 2. The van der Waals surface area contributed by atoms with Crippen LogP contribution in [-0.2, 0) is 22.6 Å². The molecule has 0 aliphatic heterocycles. The van der Waals surface area contributed by atoms with E-state index in [-0.39, 0.29) is 17.6 Å². The number of carbonyl (C=O) groups excluding carboxylic acids is 2. The van der Waals surface area contributed by atoms with Gasteiger partial charge in [0.05, 0.1) is 5.75 Å². The Labute approximate surface area is 188 Å². The van der Waals surface area contributed by atoms with Crippen molar-refractivity contribution >= 4 is 23.6 Å². The average Bonchev–Trinajstić information content (AvgIpc) is 2.81. The highest BCUT2D eigenvalue weighted by Crippen LogP contribution is 2.21. The minimum atomic E-state index is -0.585. The van der Waals surface area contributed by atoms with Gasteiger partial charge in [-0.05, 0) is 30.2 Å². The maximum atomic E-state index is 13.4. The van der Waals surface area contributed by atoms with Crippen molar-refractivity contribution in [3.63, 3.8) is 0 Å². The molecule has 0 fully saturated rings. The molecule has 160 valence electrons. The summed E-state index contributed by atoms with van der Waals surface area (Å²) < 4.78 is 0. The summed E-state index contributed by atoms with van der Waals surface area (Å²) in [5, 5.41) is 2.75. The van der Waals surface area contributed by atoms with Gasteiger partial charge < -0.3 is 10.2 Å². The predicted molar refractivity (Wildman–Crippen MR) is 127 cm³/mol. The largest absolute Gasteiger partial charge is 0.357 e. The Morgan fingerprint density at radius 1 is 0.871 bits per heavy atom. The van der Waals surface area contributed by atoms with Crippen molar-refractivity contribution in [1.29, 1.82) is 0 Å². The molecule has 1 N–H and O–H groups in total. The highest BCUT2D eigenvalue weighted by atomic mass is 32.2. The molecule has 2 amide bonds. The fourth-order valence-electron chi connectivity index (χ4n) is 3.36. The summed E-state index contributed by atoms with van der Waals surface area (Å²) in [5.74, 6) is 0.0606. The van der Waals surface area contributed by atoms with Crippen LogP contribution in [-0.4, -0.2) is 35.6 Å². The first kappa shape index (κ1) is 22.6. The van der Waals surface area contributed by atoms with Crippen molar-refractivity contribution < 1.29 is 9.59 Å². The Hall–Kier alpha value is -3.05. The third-order valence-corrected chi connectivity index (χ3v) is 6.09. The molecule has 3 rings (SSSR count). The van der Waals surface area contributed by atoms with Crippen LogP contribution in [0.2, 0.25) is 0 Å². The molecule has 31 heavy (non-hydrogen) atoms. The van der Waals surface area contributed by atoms with Crippen molar-refractivity contribution in [3.05, 3.63) is 102 Å². The standard InChI is InChI=1S/C26H28N2O2S/c1-20-13-15-23(16-14-20)31-19-25(29)28(18-22-11-7-4-8-12-22)24(26(30)27-2)17-21-9-5-3-6-10-21/h3-16,24H,17-19H2,1-2H3,(H,27,30). The molecule has 5 heteroatoms. The molecule has 0 bridgehead atoms. The Kier molecular flexibility index (Phi) is 8.30. The summed E-state index contributed by atoms with van der Waals surface area (Å²) in [6, 6.07) is 27.2. The number of nitrogens with zero attached hydrogens (tertiary/aromatic N) is 1. The Balaban J connectivity index is 1.83. The normalized spacial score (nSPS) is 11.5. The summed E-state index contributed by atoms with van der Waals surface area (Å²) in [4.78, 5) is 29.0. The number of aryl methyl sites for hydroxylation is 1. The second kappa shape index (κ2) is 11.4. The number of carbonyl (C=O) groups is 2. The van der Waals surface area contributed by atoms with Gasteiger partial charge in [-0.3, -0.25) is 9.59 Å². The number of rotatable bonds is 9. The van der Waals surface area contributed by atoms with E-state index in [4.69, 9.17) is 0 Å². The van der Waals surface area contributed by atoms with E-state index >= 15 is 0 Å². The van der Waals surface area contributed by atoms with Crippen LogP contribution in [0.1, 0.15) is 16.7 Å². The minimum absolute atomic E-state index is 0.0565. The maximum absolute atomic E-state index is 13.4. The van der Waals surface area contributed by atoms with Gasteiger partial charge in [0.2, 0.25) is 11.8 Å². The van der Waals surface area contributed by atoms with Crippen LogP contribution < -0.4 is 5.32 Å². The molecular weight excluding hydrogens is 404 g/mol. The molecule has 0 saturated carbocycles. The Bertz CT molecular complexity index is 975. The average molecular weight is 433 g/mol. The highest BCUT2D eigenvalue weighted by molar-refractivity contribution is 8.00. The van der Waals surface area contributed by atoms with Gasteiger partial charge in [0.25, 0.3) is 0 Å². The van der Waals surface area contributed by atoms with Gasteiger partial charge in [-0.25, -0.2) is 0 Å². The summed E-state index contributed by atoms with van der Waals surface area (Å²) >= 11 is 1.50. The molecular formula is C26H28N2O2S. The lowest BCUT2D eigenvalue weighted by Gasteiger charge is -2.31. The first-order valence-electron chi connectivity index (χ1n) is 10.3. The van der Waals surface area contributed by atoms with Crippen LogP contribution in [0.15, 0.2) is 89.8 Å². The van der Waals surface area contributed by atoms with E-state index < -0.39 is 6.04 Å². The third-order valence-electron chi connectivity index (χ3n) is 5.10. The van der Waals surface area contributed by atoms with Crippen LogP contribution in [0.25, 0.3) is 0 Å². The lowest BCUT2D eigenvalue weighted by Crippen LogP contribution is -2.50. The monoisotopic (exact) mass is 432 g/mol. The molecule has 1 unspecified atom stereocenters. The van der Waals surface area contributed by atoms with E-state index in [2.05, 4.69) is 5.32 Å². The summed E-state index contributed by atoms with van der Waals surface area (Å²) in [5.41, 5.74) is 3.20. The van der Waals surface area contributed by atoms with Crippen LogP contribution in [0.5, 0.6) is 0 Å². The van der Waals surface area contributed by atoms with Gasteiger partial charge >= 0.3 is 0 Å². The van der Waals surface area contributed by atoms with Crippen molar-refractivity contribution in [2.24, 2.45) is 0 Å². The van der Waals surface area contributed by atoms with E-state index in [1.807, 2.05) is 91.9 Å². The molecule has 0 heterocycles. The summed E-state index contributed by atoms with van der Waals surface area (Å²) in [6.07, 6.45) is 0.467. The summed E-state index contributed by atoms with van der Waals surface area (Å²) in [6.45, 7) is 2.43. The molecule has 0 aliphatic carbocycles.